The van der Waals surface area contributed by atoms with Gasteiger partial charge in [-0.1, -0.05) is 23.7 Å². The zero-order valence-corrected chi connectivity index (χ0v) is 11.2. The van der Waals surface area contributed by atoms with Gasteiger partial charge in [-0.05, 0) is 30.5 Å². The summed E-state index contributed by atoms with van der Waals surface area (Å²) < 4.78 is 0. The first-order chi connectivity index (χ1) is 8.75. The first-order valence-electron chi connectivity index (χ1n) is 6.48. The fourth-order valence-corrected chi connectivity index (χ4v) is 2.29. The molecule has 0 atom stereocenters. The molecule has 0 bridgehead atoms. The summed E-state index contributed by atoms with van der Waals surface area (Å²) in [4.78, 5) is 13.9. The Morgan fingerprint density at radius 3 is 2.56 bits per heavy atom. The average molecular weight is 267 g/mol. The molecule has 0 aliphatic carbocycles. The van der Waals surface area contributed by atoms with Crippen LogP contribution in [-0.2, 0) is 11.2 Å². The van der Waals surface area contributed by atoms with E-state index in [-0.39, 0.29) is 5.91 Å². The Hall–Kier alpha value is -1.06. The van der Waals surface area contributed by atoms with Crippen molar-refractivity contribution in [2.24, 2.45) is 0 Å². The Bertz CT molecular complexity index is 385. The van der Waals surface area contributed by atoms with Crippen LogP contribution < -0.4 is 5.32 Å². The predicted octanol–water partition coefficient (Wildman–Crippen LogP) is 2.09. The van der Waals surface area contributed by atoms with Gasteiger partial charge in [0.25, 0.3) is 0 Å². The number of halogens is 1. The number of rotatable bonds is 4. The molecule has 1 amide bonds. The molecule has 1 aromatic rings. The zero-order chi connectivity index (χ0) is 12.8. The van der Waals surface area contributed by atoms with Gasteiger partial charge in [0, 0.05) is 37.6 Å². The first-order valence-corrected chi connectivity index (χ1v) is 6.86. The van der Waals surface area contributed by atoms with Crippen LogP contribution in [0.2, 0.25) is 5.02 Å². The van der Waals surface area contributed by atoms with Crippen LogP contribution in [0.25, 0.3) is 0 Å². The van der Waals surface area contributed by atoms with E-state index in [0.717, 1.165) is 44.0 Å². The van der Waals surface area contributed by atoms with Crippen LogP contribution in [0.1, 0.15) is 18.4 Å². The Labute approximate surface area is 113 Å². The Balaban J connectivity index is 1.71. The number of carbonyl (C=O) groups is 1. The highest BCUT2D eigenvalue weighted by Gasteiger charge is 2.15. The van der Waals surface area contributed by atoms with Crippen molar-refractivity contribution in [1.82, 2.24) is 10.2 Å². The maximum absolute atomic E-state index is 11.9. The van der Waals surface area contributed by atoms with Gasteiger partial charge in [-0.15, -0.1) is 0 Å². The van der Waals surface area contributed by atoms with Crippen molar-refractivity contribution < 1.29 is 4.79 Å². The molecule has 1 aromatic carbocycles. The third-order valence-electron chi connectivity index (χ3n) is 3.24. The van der Waals surface area contributed by atoms with Gasteiger partial charge in [0.2, 0.25) is 5.91 Å². The summed E-state index contributed by atoms with van der Waals surface area (Å²) >= 11 is 5.83. The summed E-state index contributed by atoms with van der Waals surface area (Å²) in [5.41, 5.74) is 1.24. The van der Waals surface area contributed by atoms with E-state index in [9.17, 15) is 4.79 Å². The van der Waals surface area contributed by atoms with Crippen molar-refractivity contribution in [3.05, 3.63) is 34.9 Å². The normalized spacial score (nSPS) is 15.7. The molecular formula is C14H19ClN2O. The molecule has 0 spiro atoms. The standard InChI is InChI=1S/C14H19ClN2O/c15-13-6-4-12(5-7-13)2-1-3-14(18)17-10-8-16-9-11-17/h4-7,16H,1-3,8-11H2. The number of hydrogen-bond acceptors (Lipinski definition) is 2. The highest BCUT2D eigenvalue weighted by atomic mass is 35.5. The summed E-state index contributed by atoms with van der Waals surface area (Å²) in [7, 11) is 0. The third-order valence-corrected chi connectivity index (χ3v) is 3.49. The minimum Gasteiger partial charge on any atom is -0.340 e. The minimum atomic E-state index is 0.283. The molecule has 1 aliphatic heterocycles. The van der Waals surface area contributed by atoms with Gasteiger partial charge in [-0.3, -0.25) is 4.79 Å². The molecule has 0 aromatic heterocycles. The van der Waals surface area contributed by atoms with E-state index in [4.69, 9.17) is 11.6 Å². The number of nitrogens with one attached hydrogen (secondary N) is 1. The summed E-state index contributed by atoms with van der Waals surface area (Å²) in [6.45, 7) is 3.53. The third kappa shape index (κ3) is 4.00. The van der Waals surface area contributed by atoms with Crippen molar-refractivity contribution >= 4 is 17.5 Å². The fraction of sp³-hybridized carbons (Fsp3) is 0.500. The van der Waals surface area contributed by atoms with E-state index >= 15 is 0 Å². The molecule has 4 heteroatoms. The van der Waals surface area contributed by atoms with Gasteiger partial charge in [0.15, 0.2) is 0 Å². The van der Waals surface area contributed by atoms with Crippen molar-refractivity contribution in [2.75, 3.05) is 26.2 Å². The van der Waals surface area contributed by atoms with Crippen LogP contribution >= 0.6 is 11.6 Å². The van der Waals surface area contributed by atoms with Gasteiger partial charge >= 0.3 is 0 Å². The maximum atomic E-state index is 11.9. The molecule has 0 saturated carbocycles. The highest BCUT2D eigenvalue weighted by molar-refractivity contribution is 6.30. The van der Waals surface area contributed by atoms with Crippen molar-refractivity contribution in [3.8, 4) is 0 Å². The second-order valence-corrected chi connectivity index (χ2v) is 5.05. The monoisotopic (exact) mass is 266 g/mol. The summed E-state index contributed by atoms with van der Waals surface area (Å²) in [6.07, 6.45) is 2.49. The quantitative estimate of drug-likeness (QED) is 0.905. The largest absolute Gasteiger partial charge is 0.340 e. The Morgan fingerprint density at radius 1 is 1.22 bits per heavy atom. The molecule has 1 saturated heterocycles. The lowest BCUT2D eigenvalue weighted by molar-refractivity contribution is -0.131. The van der Waals surface area contributed by atoms with Crippen LogP contribution in [0.15, 0.2) is 24.3 Å². The van der Waals surface area contributed by atoms with Gasteiger partial charge < -0.3 is 10.2 Å². The lowest BCUT2D eigenvalue weighted by atomic mass is 10.1. The summed E-state index contributed by atoms with van der Waals surface area (Å²) in [5, 5.41) is 4.01. The van der Waals surface area contributed by atoms with Crippen LogP contribution in [0.4, 0.5) is 0 Å². The zero-order valence-electron chi connectivity index (χ0n) is 10.5. The molecule has 0 radical (unpaired) electrons. The number of aryl methyl sites for hydroxylation is 1. The molecule has 18 heavy (non-hydrogen) atoms. The predicted molar refractivity (Wildman–Crippen MR) is 73.8 cm³/mol. The fourth-order valence-electron chi connectivity index (χ4n) is 2.17. The average Bonchev–Trinajstić information content (AvgIpc) is 2.42. The van der Waals surface area contributed by atoms with E-state index in [1.165, 1.54) is 5.56 Å². The molecular weight excluding hydrogens is 248 g/mol. The van der Waals surface area contributed by atoms with Crippen LogP contribution in [0.3, 0.4) is 0 Å². The number of benzene rings is 1. The smallest absolute Gasteiger partial charge is 0.222 e. The Morgan fingerprint density at radius 2 is 1.89 bits per heavy atom. The van der Waals surface area contributed by atoms with Gasteiger partial charge in [0.05, 0.1) is 0 Å². The summed E-state index contributed by atoms with van der Waals surface area (Å²) in [5.74, 6) is 0.283. The molecule has 98 valence electrons. The molecule has 0 unspecified atom stereocenters. The van der Waals surface area contributed by atoms with Crippen molar-refractivity contribution in [1.29, 1.82) is 0 Å². The van der Waals surface area contributed by atoms with E-state index < -0.39 is 0 Å². The highest BCUT2D eigenvalue weighted by Crippen LogP contribution is 2.12. The van der Waals surface area contributed by atoms with Crippen LogP contribution in [0.5, 0.6) is 0 Å². The number of nitrogens with zero attached hydrogens (tertiary/aromatic N) is 1. The minimum absolute atomic E-state index is 0.283. The Kier molecular flexibility index (Phi) is 5.02. The lowest BCUT2D eigenvalue weighted by Crippen LogP contribution is -2.46. The number of hydrogen-bond donors (Lipinski definition) is 1. The van der Waals surface area contributed by atoms with Gasteiger partial charge in [-0.2, -0.15) is 0 Å². The second-order valence-electron chi connectivity index (χ2n) is 4.61. The lowest BCUT2D eigenvalue weighted by Gasteiger charge is -2.27. The van der Waals surface area contributed by atoms with Crippen LogP contribution in [-0.4, -0.2) is 37.0 Å². The summed E-state index contributed by atoms with van der Waals surface area (Å²) in [6, 6.07) is 7.85. The molecule has 1 heterocycles. The molecule has 2 rings (SSSR count). The van der Waals surface area contributed by atoms with E-state index in [0.29, 0.717) is 6.42 Å². The molecule has 1 N–H and O–H groups in total. The second kappa shape index (κ2) is 6.76. The van der Waals surface area contributed by atoms with E-state index in [1.54, 1.807) is 0 Å². The van der Waals surface area contributed by atoms with E-state index in [1.807, 2.05) is 29.2 Å². The topological polar surface area (TPSA) is 32.3 Å². The SMILES string of the molecule is O=C(CCCc1ccc(Cl)cc1)N1CCNCC1. The first kappa shape index (κ1) is 13.4. The molecule has 3 nitrogen and oxygen atoms in total. The molecule has 1 aliphatic rings. The van der Waals surface area contributed by atoms with Gasteiger partial charge in [0.1, 0.15) is 0 Å². The molecule has 1 fully saturated rings. The van der Waals surface area contributed by atoms with Crippen LogP contribution in [0, 0.1) is 0 Å². The maximum Gasteiger partial charge on any atom is 0.222 e. The number of amides is 1. The number of piperazine rings is 1. The van der Waals surface area contributed by atoms with Crippen molar-refractivity contribution in [3.63, 3.8) is 0 Å². The van der Waals surface area contributed by atoms with Crippen molar-refractivity contribution in [2.45, 2.75) is 19.3 Å². The number of carbonyl (C=O) groups excluding carboxylic acids is 1. The van der Waals surface area contributed by atoms with E-state index in [2.05, 4.69) is 5.32 Å². The van der Waals surface area contributed by atoms with Gasteiger partial charge in [-0.25, -0.2) is 0 Å².